The molecule has 5 nitrogen and oxygen atoms in total. The third kappa shape index (κ3) is 4.36. The van der Waals surface area contributed by atoms with Crippen LogP contribution in [0.5, 0.6) is 0 Å². The number of nitriles is 1. The molecule has 2 N–H and O–H groups in total. The average molecular weight is 370 g/mol. The van der Waals surface area contributed by atoms with E-state index in [1.54, 1.807) is 36.5 Å². The van der Waals surface area contributed by atoms with Crippen LogP contribution in [0.25, 0.3) is 0 Å². The fourth-order valence-corrected chi connectivity index (χ4v) is 3.05. The lowest BCUT2D eigenvalue weighted by molar-refractivity contribution is 0.102. The van der Waals surface area contributed by atoms with Crippen molar-refractivity contribution in [3.05, 3.63) is 83.2 Å². The van der Waals surface area contributed by atoms with Crippen LogP contribution in [0.1, 0.15) is 40.9 Å². The number of hydrogen-bond donors (Lipinski definition) is 2. The minimum absolute atomic E-state index is 0.272. The minimum Gasteiger partial charge on any atom is -0.354 e. The van der Waals surface area contributed by atoms with E-state index in [0.717, 1.165) is 24.2 Å². The summed E-state index contributed by atoms with van der Waals surface area (Å²) in [6.07, 6.45) is 5.07. The standard InChI is InChI=1S/C23H22N4O/c1-3-17-8-6-9-18(4-2)22(17)26-21-12-19(14-25-15-21)23(28)27-20-10-5-7-16(11-20)13-24/h5-12,14-15,26H,3-4H2,1-2H3,(H,27,28). The first-order chi connectivity index (χ1) is 13.6. The van der Waals surface area contributed by atoms with Crippen molar-refractivity contribution >= 4 is 23.0 Å². The molecule has 0 spiro atoms. The molecule has 2 aromatic carbocycles. The van der Waals surface area contributed by atoms with Crippen molar-refractivity contribution in [1.29, 1.82) is 5.26 Å². The molecule has 0 saturated carbocycles. The Hall–Kier alpha value is -3.65. The second-order valence-corrected chi connectivity index (χ2v) is 6.39. The Morgan fingerprint density at radius 2 is 1.71 bits per heavy atom. The van der Waals surface area contributed by atoms with E-state index >= 15 is 0 Å². The van der Waals surface area contributed by atoms with Gasteiger partial charge in [-0.2, -0.15) is 5.26 Å². The maximum absolute atomic E-state index is 12.6. The number of rotatable bonds is 6. The summed E-state index contributed by atoms with van der Waals surface area (Å²) in [4.78, 5) is 16.8. The summed E-state index contributed by atoms with van der Waals surface area (Å²) in [7, 11) is 0. The quantitative estimate of drug-likeness (QED) is 0.635. The van der Waals surface area contributed by atoms with Gasteiger partial charge in [-0.3, -0.25) is 9.78 Å². The van der Waals surface area contributed by atoms with E-state index in [0.29, 0.717) is 16.8 Å². The van der Waals surface area contributed by atoms with Crippen LogP contribution in [-0.2, 0) is 12.8 Å². The summed E-state index contributed by atoms with van der Waals surface area (Å²) in [6.45, 7) is 4.24. The van der Waals surface area contributed by atoms with Crippen molar-refractivity contribution in [2.75, 3.05) is 10.6 Å². The van der Waals surface area contributed by atoms with Crippen molar-refractivity contribution in [2.45, 2.75) is 26.7 Å². The van der Waals surface area contributed by atoms with Gasteiger partial charge < -0.3 is 10.6 Å². The summed E-state index contributed by atoms with van der Waals surface area (Å²) in [5, 5.41) is 15.2. The van der Waals surface area contributed by atoms with Crippen LogP contribution in [0.2, 0.25) is 0 Å². The number of para-hydroxylation sites is 1. The molecular formula is C23H22N4O. The summed E-state index contributed by atoms with van der Waals surface area (Å²) in [5.41, 5.74) is 5.80. The largest absolute Gasteiger partial charge is 0.354 e. The van der Waals surface area contributed by atoms with E-state index in [9.17, 15) is 4.79 Å². The highest BCUT2D eigenvalue weighted by Gasteiger charge is 2.11. The summed E-state index contributed by atoms with van der Waals surface area (Å²) in [5.74, 6) is -0.272. The SMILES string of the molecule is CCc1cccc(CC)c1Nc1cncc(C(=O)Nc2cccc(C#N)c2)c1. The van der Waals surface area contributed by atoms with Gasteiger partial charge in [0.15, 0.2) is 0 Å². The molecule has 0 aliphatic rings. The highest BCUT2D eigenvalue weighted by atomic mass is 16.1. The highest BCUT2D eigenvalue weighted by Crippen LogP contribution is 2.26. The first kappa shape index (κ1) is 19.1. The van der Waals surface area contributed by atoms with Crippen LogP contribution in [0, 0.1) is 11.3 Å². The lowest BCUT2D eigenvalue weighted by Gasteiger charge is -2.15. The van der Waals surface area contributed by atoms with E-state index in [-0.39, 0.29) is 5.91 Å². The number of aromatic nitrogens is 1. The van der Waals surface area contributed by atoms with Crippen LogP contribution < -0.4 is 10.6 Å². The fourth-order valence-electron chi connectivity index (χ4n) is 3.05. The number of hydrogen-bond acceptors (Lipinski definition) is 4. The third-order valence-electron chi connectivity index (χ3n) is 4.52. The van der Waals surface area contributed by atoms with Gasteiger partial charge in [-0.05, 0) is 48.2 Å². The van der Waals surface area contributed by atoms with Crippen molar-refractivity contribution in [2.24, 2.45) is 0 Å². The molecular weight excluding hydrogens is 348 g/mol. The van der Waals surface area contributed by atoms with E-state index in [4.69, 9.17) is 5.26 Å². The monoisotopic (exact) mass is 370 g/mol. The van der Waals surface area contributed by atoms with Crippen LogP contribution in [0.3, 0.4) is 0 Å². The molecule has 0 aliphatic heterocycles. The van der Waals surface area contributed by atoms with Crippen molar-refractivity contribution in [1.82, 2.24) is 4.98 Å². The van der Waals surface area contributed by atoms with Gasteiger partial charge >= 0.3 is 0 Å². The average Bonchev–Trinajstić information content (AvgIpc) is 2.74. The zero-order valence-electron chi connectivity index (χ0n) is 16.0. The Morgan fingerprint density at radius 1 is 1.00 bits per heavy atom. The Kier molecular flexibility index (Phi) is 6.03. The van der Waals surface area contributed by atoms with Gasteiger partial charge in [0.05, 0.1) is 29.1 Å². The van der Waals surface area contributed by atoms with Crippen molar-refractivity contribution in [3.8, 4) is 6.07 Å². The molecule has 3 aromatic rings. The first-order valence-electron chi connectivity index (χ1n) is 9.29. The van der Waals surface area contributed by atoms with Crippen molar-refractivity contribution in [3.63, 3.8) is 0 Å². The summed E-state index contributed by atoms with van der Waals surface area (Å²) in [6, 6.07) is 16.9. The molecule has 0 unspecified atom stereocenters. The van der Waals surface area contributed by atoms with E-state index < -0.39 is 0 Å². The second-order valence-electron chi connectivity index (χ2n) is 6.39. The van der Waals surface area contributed by atoms with Gasteiger partial charge in [-0.1, -0.05) is 38.1 Å². The molecule has 3 rings (SSSR count). The Morgan fingerprint density at radius 3 is 2.39 bits per heavy atom. The molecule has 0 bridgehead atoms. The number of carbonyl (C=O) groups is 1. The lowest BCUT2D eigenvalue weighted by Crippen LogP contribution is -2.12. The third-order valence-corrected chi connectivity index (χ3v) is 4.52. The molecule has 1 aromatic heterocycles. The van der Waals surface area contributed by atoms with Gasteiger partial charge in [0, 0.05) is 17.6 Å². The number of nitrogens with zero attached hydrogens (tertiary/aromatic N) is 2. The van der Waals surface area contributed by atoms with E-state index in [2.05, 4.69) is 53.7 Å². The van der Waals surface area contributed by atoms with Crippen LogP contribution in [0.15, 0.2) is 60.9 Å². The molecule has 1 amide bonds. The predicted octanol–water partition coefficient (Wildman–Crippen LogP) is 5.07. The predicted molar refractivity (Wildman–Crippen MR) is 112 cm³/mol. The zero-order chi connectivity index (χ0) is 19.9. The van der Waals surface area contributed by atoms with Gasteiger partial charge in [-0.15, -0.1) is 0 Å². The molecule has 140 valence electrons. The van der Waals surface area contributed by atoms with Gasteiger partial charge in [0.2, 0.25) is 0 Å². The number of carbonyl (C=O) groups excluding carboxylic acids is 1. The number of nitrogens with one attached hydrogen (secondary N) is 2. The Balaban J connectivity index is 1.83. The minimum atomic E-state index is -0.272. The summed E-state index contributed by atoms with van der Waals surface area (Å²) >= 11 is 0. The number of benzene rings is 2. The topological polar surface area (TPSA) is 77.8 Å². The molecule has 28 heavy (non-hydrogen) atoms. The number of anilines is 3. The highest BCUT2D eigenvalue weighted by molar-refractivity contribution is 6.04. The Bertz CT molecular complexity index is 1010. The fraction of sp³-hybridized carbons (Fsp3) is 0.174. The molecule has 0 aliphatic carbocycles. The molecule has 1 heterocycles. The zero-order valence-corrected chi connectivity index (χ0v) is 16.0. The normalized spacial score (nSPS) is 10.2. The van der Waals surface area contributed by atoms with Crippen LogP contribution in [0.4, 0.5) is 17.1 Å². The van der Waals surface area contributed by atoms with E-state index in [1.165, 1.54) is 17.3 Å². The molecule has 0 fully saturated rings. The van der Waals surface area contributed by atoms with Gasteiger partial charge in [0.25, 0.3) is 5.91 Å². The van der Waals surface area contributed by atoms with E-state index in [1.807, 2.05) is 0 Å². The molecule has 5 heteroatoms. The maximum Gasteiger partial charge on any atom is 0.257 e. The van der Waals surface area contributed by atoms with Crippen LogP contribution in [-0.4, -0.2) is 10.9 Å². The van der Waals surface area contributed by atoms with Crippen LogP contribution >= 0.6 is 0 Å². The molecule has 0 saturated heterocycles. The number of amides is 1. The first-order valence-corrected chi connectivity index (χ1v) is 9.29. The van der Waals surface area contributed by atoms with Crippen molar-refractivity contribution < 1.29 is 4.79 Å². The second kappa shape index (κ2) is 8.83. The lowest BCUT2D eigenvalue weighted by atomic mass is 10.0. The smallest absolute Gasteiger partial charge is 0.257 e. The molecule has 0 radical (unpaired) electrons. The summed E-state index contributed by atoms with van der Waals surface area (Å²) < 4.78 is 0. The van der Waals surface area contributed by atoms with Gasteiger partial charge in [0.1, 0.15) is 0 Å². The number of aryl methyl sites for hydroxylation is 2. The maximum atomic E-state index is 12.6. The van der Waals surface area contributed by atoms with Gasteiger partial charge in [-0.25, -0.2) is 0 Å². The number of pyridine rings is 1. The Labute approximate surface area is 165 Å². The molecule has 0 atom stereocenters.